The van der Waals surface area contributed by atoms with E-state index >= 15 is 0 Å². The van der Waals surface area contributed by atoms with Gasteiger partial charge in [0.05, 0.1) is 34.3 Å². The first-order valence-electron chi connectivity index (χ1n) is 8.15. The van der Waals surface area contributed by atoms with Gasteiger partial charge in [-0.2, -0.15) is 5.10 Å². The highest BCUT2D eigenvalue weighted by Crippen LogP contribution is 2.18. The average Bonchev–Trinajstić information content (AvgIpc) is 2.85. The molecule has 27 heavy (non-hydrogen) atoms. The van der Waals surface area contributed by atoms with Gasteiger partial charge in [0.1, 0.15) is 0 Å². The molecular weight excluding hydrogens is 392 g/mol. The summed E-state index contributed by atoms with van der Waals surface area (Å²) in [7, 11) is -1.83. The zero-order chi connectivity index (χ0) is 20.2. The van der Waals surface area contributed by atoms with Crippen LogP contribution in [-0.2, 0) is 26.5 Å². The molecule has 1 heterocycles. The highest BCUT2D eigenvalue weighted by molar-refractivity contribution is 7.91. The summed E-state index contributed by atoms with van der Waals surface area (Å²) >= 11 is 5.74. The van der Waals surface area contributed by atoms with E-state index in [-0.39, 0.29) is 23.6 Å². The smallest absolute Gasteiger partial charge is 0.243 e. The van der Waals surface area contributed by atoms with E-state index in [9.17, 15) is 18.0 Å². The summed E-state index contributed by atoms with van der Waals surface area (Å²) in [5.74, 6) is -1.30. The number of rotatable bonds is 7. The Kier molecular flexibility index (Phi) is 6.61. The van der Waals surface area contributed by atoms with Gasteiger partial charge in [-0.15, -0.1) is 0 Å². The van der Waals surface area contributed by atoms with Crippen LogP contribution in [-0.4, -0.2) is 42.3 Å². The zero-order valence-corrected chi connectivity index (χ0v) is 16.8. The predicted molar refractivity (Wildman–Crippen MR) is 102 cm³/mol. The maximum absolute atomic E-state index is 12.2. The molecule has 0 saturated carbocycles. The van der Waals surface area contributed by atoms with Crippen molar-refractivity contribution in [3.63, 3.8) is 0 Å². The number of anilines is 1. The average molecular weight is 413 g/mol. The number of carbonyl (C=O) groups is 2. The van der Waals surface area contributed by atoms with E-state index in [4.69, 9.17) is 11.6 Å². The molecule has 2 aromatic rings. The molecule has 0 saturated heterocycles. The number of hydrogen-bond acceptors (Lipinski definition) is 5. The lowest BCUT2D eigenvalue weighted by atomic mass is 10.3. The fourth-order valence-corrected chi connectivity index (χ4v) is 3.76. The molecule has 2 rings (SSSR count). The maximum atomic E-state index is 12.2. The highest BCUT2D eigenvalue weighted by atomic mass is 35.5. The van der Waals surface area contributed by atoms with Gasteiger partial charge >= 0.3 is 0 Å². The number of benzene rings is 1. The molecule has 0 spiro atoms. The van der Waals surface area contributed by atoms with Gasteiger partial charge in [-0.25, -0.2) is 8.42 Å². The fourth-order valence-electron chi connectivity index (χ4n) is 2.39. The first-order valence-corrected chi connectivity index (χ1v) is 10.2. The van der Waals surface area contributed by atoms with Crippen molar-refractivity contribution in [2.24, 2.45) is 7.05 Å². The van der Waals surface area contributed by atoms with Crippen molar-refractivity contribution in [3.8, 4) is 0 Å². The molecule has 0 radical (unpaired) electrons. The van der Waals surface area contributed by atoms with Gasteiger partial charge in [-0.1, -0.05) is 11.6 Å². The monoisotopic (exact) mass is 412 g/mol. The number of nitrogens with one attached hydrogen (secondary N) is 2. The number of aromatic nitrogens is 2. The van der Waals surface area contributed by atoms with Crippen molar-refractivity contribution in [1.29, 1.82) is 0 Å². The Morgan fingerprint density at radius 2 is 1.78 bits per heavy atom. The van der Waals surface area contributed by atoms with Crippen molar-refractivity contribution in [3.05, 3.63) is 40.7 Å². The van der Waals surface area contributed by atoms with Crippen LogP contribution < -0.4 is 10.6 Å². The number of nitrogens with zero attached hydrogens (tertiary/aromatic N) is 2. The van der Waals surface area contributed by atoms with E-state index in [0.717, 1.165) is 5.69 Å². The van der Waals surface area contributed by atoms with Gasteiger partial charge in [-0.05, 0) is 38.1 Å². The second-order valence-electron chi connectivity index (χ2n) is 6.02. The second kappa shape index (κ2) is 8.53. The van der Waals surface area contributed by atoms with Crippen LogP contribution in [0.15, 0.2) is 29.2 Å². The summed E-state index contributed by atoms with van der Waals surface area (Å²) in [5.41, 5.74) is 2.06. The van der Waals surface area contributed by atoms with Crippen molar-refractivity contribution in [2.45, 2.75) is 25.2 Å². The van der Waals surface area contributed by atoms with E-state index in [0.29, 0.717) is 16.4 Å². The molecule has 10 heteroatoms. The largest absolute Gasteiger partial charge is 0.347 e. The van der Waals surface area contributed by atoms with Gasteiger partial charge in [0.25, 0.3) is 0 Å². The van der Waals surface area contributed by atoms with E-state index < -0.39 is 21.7 Å². The van der Waals surface area contributed by atoms with Gasteiger partial charge in [0.2, 0.25) is 11.8 Å². The number of sulfone groups is 1. The quantitative estimate of drug-likeness (QED) is 0.717. The van der Waals surface area contributed by atoms with Crippen molar-refractivity contribution >= 4 is 38.9 Å². The molecule has 0 aliphatic heterocycles. The van der Waals surface area contributed by atoms with E-state index in [1.807, 2.05) is 6.92 Å². The minimum atomic E-state index is -3.60. The molecule has 1 aromatic heterocycles. The Balaban J connectivity index is 1.83. The minimum absolute atomic E-state index is 0.0972. The van der Waals surface area contributed by atoms with Crippen LogP contribution >= 0.6 is 11.6 Å². The molecular formula is C17H21ClN4O4S. The lowest BCUT2D eigenvalue weighted by Crippen LogP contribution is -2.33. The molecule has 2 N–H and O–H groups in total. The predicted octanol–water partition coefficient (Wildman–Crippen LogP) is 1.61. The Bertz CT molecular complexity index is 952. The van der Waals surface area contributed by atoms with Crippen LogP contribution in [0.3, 0.4) is 0 Å². The molecule has 8 nitrogen and oxygen atoms in total. The summed E-state index contributed by atoms with van der Waals surface area (Å²) < 4.78 is 26.0. The molecule has 0 aliphatic carbocycles. The third kappa shape index (κ3) is 5.54. The third-order valence-electron chi connectivity index (χ3n) is 3.99. The summed E-state index contributed by atoms with van der Waals surface area (Å²) in [6, 6.07) is 5.73. The Morgan fingerprint density at radius 3 is 2.33 bits per heavy atom. The van der Waals surface area contributed by atoms with Gasteiger partial charge in [-0.3, -0.25) is 14.3 Å². The first kappa shape index (κ1) is 20.9. The summed E-state index contributed by atoms with van der Waals surface area (Å²) in [5, 5.41) is 9.73. The van der Waals surface area contributed by atoms with Crippen LogP contribution in [0, 0.1) is 13.8 Å². The topological polar surface area (TPSA) is 110 Å². The van der Waals surface area contributed by atoms with E-state index in [1.165, 1.54) is 24.3 Å². The summed E-state index contributed by atoms with van der Waals surface area (Å²) in [4.78, 5) is 24.0. The number of carbonyl (C=O) groups excluding carboxylic acids is 2. The number of amides is 2. The molecule has 0 bridgehead atoms. The highest BCUT2D eigenvalue weighted by Gasteiger charge is 2.17. The normalized spacial score (nSPS) is 11.3. The third-order valence-corrected chi connectivity index (χ3v) is 5.97. The minimum Gasteiger partial charge on any atom is -0.347 e. The first-order chi connectivity index (χ1) is 12.6. The van der Waals surface area contributed by atoms with Crippen molar-refractivity contribution in [2.75, 3.05) is 17.6 Å². The van der Waals surface area contributed by atoms with Gasteiger partial charge in [0, 0.05) is 18.5 Å². The summed E-state index contributed by atoms with van der Waals surface area (Å²) in [6.45, 7) is 3.33. The summed E-state index contributed by atoms with van der Waals surface area (Å²) in [6.07, 6.45) is -0.247. The zero-order valence-electron chi connectivity index (χ0n) is 15.2. The van der Waals surface area contributed by atoms with Gasteiger partial charge < -0.3 is 10.6 Å². The maximum Gasteiger partial charge on any atom is 0.243 e. The Labute approximate surface area is 162 Å². The molecule has 0 aliphatic rings. The molecule has 0 fully saturated rings. The Morgan fingerprint density at radius 1 is 1.15 bits per heavy atom. The van der Waals surface area contributed by atoms with Crippen molar-refractivity contribution < 1.29 is 18.0 Å². The SMILES string of the molecule is Cc1nn(C)c(C)c1NC(=O)CNC(=O)CCS(=O)(=O)c1ccc(Cl)cc1. The van der Waals surface area contributed by atoms with Gasteiger partial charge in [0.15, 0.2) is 9.84 Å². The van der Waals surface area contributed by atoms with E-state index in [1.54, 1.807) is 18.7 Å². The Hall–Kier alpha value is -2.39. The lowest BCUT2D eigenvalue weighted by molar-refractivity contribution is -0.123. The number of aryl methyl sites for hydroxylation is 2. The van der Waals surface area contributed by atoms with Crippen LogP contribution in [0.1, 0.15) is 17.8 Å². The van der Waals surface area contributed by atoms with Crippen molar-refractivity contribution in [1.82, 2.24) is 15.1 Å². The van der Waals surface area contributed by atoms with Crippen LogP contribution in [0.5, 0.6) is 0 Å². The molecule has 1 aromatic carbocycles. The molecule has 146 valence electrons. The number of halogens is 1. The lowest BCUT2D eigenvalue weighted by Gasteiger charge is -2.08. The fraction of sp³-hybridized carbons (Fsp3) is 0.353. The standard InChI is InChI=1S/C17H21ClN4O4S/c1-11-17(12(2)22(3)21-11)20-16(24)10-19-15(23)8-9-27(25,26)14-6-4-13(18)5-7-14/h4-7H,8-10H2,1-3H3,(H,19,23)(H,20,24). The molecule has 0 atom stereocenters. The molecule has 0 unspecified atom stereocenters. The van der Waals surface area contributed by atoms with Crippen LogP contribution in [0.2, 0.25) is 5.02 Å². The van der Waals surface area contributed by atoms with Crippen LogP contribution in [0.4, 0.5) is 5.69 Å². The van der Waals surface area contributed by atoms with Crippen LogP contribution in [0.25, 0.3) is 0 Å². The molecule has 2 amide bonds. The van der Waals surface area contributed by atoms with E-state index in [2.05, 4.69) is 15.7 Å². The second-order valence-corrected chi connectivity index (χ2v) is 8.56. The number of hydrogen-bond donors (Lipinski definition) is 2.